The maximum absolute atomic E-state index is 12.0. The predicted octanol–water partition coefficient (Wildman–Crippen LogP) is 4.41. The van der Waals surface area contributed by atoms with Gasteiger partial charge in [0, 0.05) is 5.57 Å². The highest BCUT2D eigenvalue weighted by Crippen LogP contribution is 2.22. The zero-order valence-electron chi connectivity index (χ0n) is 11.8. The van der Waals surface area contributed by atoms with Crippen molar-refractivity contribution in [3.05, 3.63) is 24.3 Å². The molecule has 0 spiro atoms. The molecular weight excluding hydrogens is 224 g/mol. The van der Waals surface area contributed by atoms with Crippen LogP contribution < -0.4 is 0 Å². The molecule has 1 rings (SSSR count). The summed E-state index contributed by atoms with van der Waals surface area (Å²) in [6.07, 6.45) is 11.4. The first-order chi connectivity index (χ1) is 8.67. The Hall–Kier alpha value is -1.05. The van der Waals surface area contributed by atoms with Crippen molar-refractivity contribution in [2.45, 2.75) is 64.9 Å². The Kier molecular flexibility index (Phi) is 6.77. The fourth-order valence-electron chi connectivity index (χ4n) is 2.28. The third kappa shape index (κ3) is 5.07. The van der Waals surface area contributed by atoms with E-state index in [-0.39, 0.29) is 12.1 Å². The van der Waals surface area contributed by atoms with Gasteiger partial charge in [0.25, 0.3) is 0 Å². The van der Waals surface area contributed by atoms with Crippen molar-refractivity contribution in [3.63, 3.8) is 0 Å². The minimum Gasteiger partial charge on any atom is -0.459 e. The molecule has 1 aliphatic rings. The van der Waals surface area contributed by atoms with Gasteiger partial charge in [-0.3, -0.25) is 0 Å². The molecule has 0 radical (unpaired) electrons. The topological polar surface area (TPSA) is 26.3 Å². The number of hydrogen-bond donors (Lipinski definition) is 0. The summed E-state index contributed by atoms with van der Waals surface area (Å²) in [7, 11) is 0. The zero-order chi connectivity index (χ0) is 13.4. The van der Waals surface area contributed by atoms with Crippen molar-refractivity contribution in [1.82, 2.24) is 0 Å². The zero-order valence-corrected chi connectivity index (χ0v) is 11.8. The number of rotatable bonds is 6. The number of hydrogen-bond acceptors (Lipinski definition) is 2. The largest absolute Gasteiger partial charge is 0.459 e. The molecule has 1 atom stereocenters. The Labute approximate surface area is 111 Å². The maximum Gasteiger partial charge on any atom is 0.333 e. The lowest BCUT2D eigenvalue weighted by molar-refractivity contribution is -0.145. The Morgan fingerprint density at radius 1 is 1.39 bits per heavy atom. The second-order valence-corrected chi connectivity index (χ2v) is 5.23. The molecule has 0 aromatic carbocycles. The third-order valence-corrected chi connectivity index (χ3v) is 3.71. The van der Waals surface area contributed by atoms with E-state index < -0.39 is 0 Å². The summed E-state index contributed by atoms with van der Waals surface area (Å²) in [5, 5.41) is 0. The number of carbonyl (C=O) groups excluding carboxylic acids is 1. The van der Waals surface area contributed by atoms with Crippen LogP contribution in [0.15, 0.2) is 24.3 Å². The Morgan fingerprint density at radius 3 is 2.61 bits per heavy atom. The van der Waals surface area contributed by atoms with Crippen molar-refractivity contribution in [2.75, 3.05) is 0 Å². The molecule has 0 N–H and O–H groups in total. The lowest BCUT2D eigenvalue weighted by Crippen LogP contribution is -2.22. The average molecular weight is 250 g/mol. The summed E-state index contributed by atoms with van der Waals surface area (Å²) in [4.78, 5) is 12.0. The standard InChI is InChI=1S/C16H26O2/c1-4-13(3)11-12-14(5-2)16(17)18-15-9-7-6-8-10-15/h4-5,13,15H,1,6-12H2,2-3H3. The molecule has 0 aliphatic heterocycles. The quantitative estimate of drug-likeness (QED) is 0.396. The molecule has 18 heavy (non-hydrogen) atoms. The Morgan fingerprint density at radius 2 is 2.06 bits per heavy atom. The molecule has 2 heteroatoms. The van der Waals surface area contributed by atoms with Crippen LogP contribution >= 0.6 is 0 Å². The van der Waals surface area contributed by atoms with E-state index in [2.05, 4.69) is 13.5 Å². The van der Waals surface area contributed by atoms with Crippen molar-refractivity contribution < 1.29 is 9.53 Å². The van der Waals surface area contributed by atoms with E-state index in [1.165, 1.54) is 19.3 Å². The first-order valence-corrected chi connectivity index (χ1v) is 7.16. The molecule has 1 saturated carbocycles. The van der Waals surface area contributed by atoms with E-state index in [0.717, 1.165) is 31.3 Å². The number of allylic oxidation sites excluding steroid dienone is 2. The average Bonchev–Trinajstić information content (AvgIpc) is 2.40. The SMILES string of the molecule is C=CC(C)CCC(=CC)C(=O)OC1CCCCC1. The van der Waals surface area contributed by atoms with E-state index in [9.17, 15) is 4.79 Å². The van der Waals surface area contributed by atoms with Crippen molar-refractivity contribution in [1.29, 1.82) is 0 Å². The van der Waals surface area contributed by atoms with Crippen molar-refractivity contribution in [2.24, 2.45) is 5.92 Å². The molecule has 0 saturated heterocycles. The first-order valence-electron chi connectivity index (χ1n) is 7.16. The molecule has 1 unspecified atom stereocenters. The van der Waals surface area contributed by atoms with E-state index in [4.69, 9.17) is 4.74 Å². The molecule has 0 aromatic rings. The van der Waals surface area contributed by atoms with Gasteiger partial charge in [-0.2, -0.15) is 0 Å². The van der Waals surface area contributed by atoms with Gasteiger partial charge in [0.15, 0.2) is 0 Å². The van der Waals surface area contributed by atoms with Crippen molar-refractivity contribution >= 4 is 5.97 Å². The van der Waals surface area contributed by atoms with Crippen LogP contribution in [0.2, 0.25) is 0 Å². The number of ether oxygens (including phenoxy) is 1. The maximum atomic E-state index is 12.0. The van der Waals surface area contributed by atoms with Gasteiger partial charge in [-0.25, -0.2) is 4.79 Å². The van der Waals surface area contributed by atoms with Gasteiger partial charge in [-0.1, -0.05) is 25.5 Å². The smallest absolute Gasteiger partial charge is 0.333 e. The summed E-state index contributed by atoms with van der Waals surface area (Å²) in [6, 6.07) is 0. The van der Waals surface area contributed by atoms with Gasteiger partial charge in [0.05, 0.1) is 0 Å². The van der Waals surface area contributed by atoms with Gasteiger partial charge in [-0.15, -0.1) is 6.58 Å². The molecule has 2 nitrogen and oxygen atoms in total. The van der Waals surface area contributed by atoms with Crippen molar-refractivity contribution in [3.8, 4) is 0 Å². The Bertz CT molecular complexity index is 298. The van der Waals surface area contributed by atoms with E-state index in [1.54, 1.807) is 0 Å². The molecule has 0 bridgehead atoms. The molecule has 1 fully saturated rings. The summed E-state index contributed by atoms with van der Waals surface area (Å²) < 4.78 is 5.58. The minimum absolute atomic E-state index is 0.110. The van der Waals surface area contributed by atoms with Crippen LogP contribution in [0, 0.1) is 5.92 Å². The molecule has 0 aromatic heterocycles. The summed E-state index contributed by atoms with van der Waals surface area (Å²) >= 11 is 0. The van der Waals surface area contributed by atoms with Gasteiger partial charge in [0.1, 0.15) is 6.10 Å². The van der Waals surface area contributed by atoms with Gasteiger partial charge < -0.3 is 4.74 Å². The van der Waals surface area contributed by atoms with E-state index in [0.29, 0.717) is 5.92 Å². The Balaban J connectivity index is 2.39. The van der Waals surface area contributed by atoms with Crippen LogP contribution in [0.3, 0.4) is 0 Å². The highest BCUT2D eigenvalue weighted by atomic mass is 16.5. The summed E-state index contributed by atoms with van der Waals surface area (Å²) in [6.45, 7) is 7.80. The van der Waals surface area contributed by atoms with Gasteiger partial charge in [0.2, 0.25) is 0 Å². The monoisotopic (exact) mass is 250 g/mol. The predicted molar refractivity (Wildman–Crippen MR) is 75.3 cm³/mol. The summed E-state index contributed by atoms with van der Waals surface area (Å²) in [5.41, 5.74) is 0.814. The van der Waals surface area contributed by atoms with Crippen LogP contribution in [-0.4, -0.2) is 12.1 Å². The summed E-state index contributed by atoms with van der Waals surface area (Å²) in [5.74, 6) is 0.336. The molecule has 0 amide bonds. The second kappa shape index (κ2) is 8.12. The number of carbonyl (C=O) groups is 1. The highest BCUT2D eigenvalue weighted by molar-refractivity contribution is 5.88. The molecule has 1 aliphatic carbocycles. The van der Waals surface area contributed by atoms with Gasteiger partial charge >= 0.3 is 5.97 Å². The third-order valence-electron chi connectivity index (χ3n) is 3.71. The highest BCUT2D eigenvalue weighted by Gasteiger charge is 2.19. The fourth-order valence-corrected chi connectivity index (χ4v) is 2.28. The van der Waals surface area contributed by atoms with E-state index in [1.807, 2.05) is 19.1 Å². The molecular formula is C16H26O2. The van der Waals surface area contributed by atoms with Crippen LogP contribution in [0.5, 0.6) is 0 Å². The van der Waals surface area contributed by atoms with Crippen LogP contribution in [0.1, 0.15) is 58.8 Å². The fraction of sp³-hybridized carbons (Fsp3) is 0.688. The van der Waals surface area contributed by atoms with Gasteiger partial charge in [-0.05, 0) is 51.4 Å². The normalized spacial score (nSPS) is 19.3. The molecule has 0 heterocycles. The lowest BCUT2D eigenvalue weighted by atomic mass is 9.97. The minimum atomic E-state index is -0.110. The lowest BCUT2D eigenvalue weighted by Gasteiger charge is -2.22. The second-order valence-electron chi connectivity index (χ2n) is 5.23. The van der Waals surface area contributed by atoms with E-state index >= 15 is 0 Å². The first kappa shape index (κ1) is 15.0. The number of esters is 1. The van der Waals surface area contributed by atoms with Crippen LogP contribution in [-0.2, 0) is 9.53 Å². The molecule has 102 valence electrons. The van der Waals surface area contributed by atoms with Crippen LogP contribution in [0.25, 0.3) is 0 Å². The van der Waals surface area contributed by atoms with Crippen LogP contribution in [0.4, 0.5) is 0 Å².